The van der Waals surface area contributed by atoms with Gasteiger partial charge in [0.2, 0.25) is 0 Å². The van der Waals surface area contributed by atoms with Crippen LogP contribution >= 0.6 is 27.5 Å². The first-order chi connectivity index (χ1) is 5.68. The van der Waals surface area contributed by atoms with Crippen molar-refractivity contribution in [1.29, 1.82) is 0 Å². The SMILES string of the molecule is O=C1NCc2c(Br)cc(Cl)nc21. The van der Waals surface area contributed by atoms with E-state index in [2.05, 4.69) is 26.2 Å². The lowest BCUT2D eigenvalue weighted by atomic mass is 10.2. The van der Waals surface area contributed by atoms with E-state index in [4.69, 9.17) is 11.6 Å². The Labute approximate surface area is 82.3 Å². The monoisotopic (exact) mass is 246 g/mol. The van der Waals surface area contributed by atoms with Crippen molar-refractivity contribution in [3.8, 4) is 0 Å². The summed E-state index contributed by atoms with van der Waals surface area (Å²) in [6.07, 6.45) is 0. The van der Waals surface area contributed by atoms with Crippen LogP contribution in [0.5, 0.6) is 0 Å². The van der Waals surface area contributed by atoms with Crippen molar-refractivity contribution in [2.45, 2.75) is 6.54 Å². The Morgan fingerprint density at radius 1 is 1.67 bits per heavy atom. The summed E-state index contributed by atoms with van der Waals surface area (Å²) in [5, 5.41) is 2.99. The smallest absolute Gasteiger partial charge is 0.270 e. The first-order valence-electron chi connectivity index (χ1n) is 3.31. The van der Waals surface area contributed by atoms with Crippen LogP contribution in [0.3, 0.4) is 0 Å². The third kappa shape index (κ3) is 1.11. The summed E-state index contributed by atoms with van der Waals surface area (Å²) in [7, 11) is 0. The van der Waals surface area contributed by atoms with Gasteiger partial charge in [0.05, 0.1) is 0 Å². The number of carbonyl (C=O) groups excluding carboxylic acids is 1. The van der Waals surface area contributed by atoms with Crippen LogP contribution in [0.15, 0.2) is 10.5 Å². The normalized spacial score (nSPS) is 14.3. The van der Waals surface area contributed by atoms with Gasteiger partial charge in [-0.1, -0.05) is 27.5 Å². The summed E-state index contributed by atoms with van der Waals surface area (Å²) < 4.78 is 0.829. The van der Waals surface area contributed by atoms with Gasteiger partial charge in [0.25, 0.3) is 5.91 Å². The van der Waals surface area contributed by atoms with Gasteiger partial charge in [-0.2, -0.15) is 0 Å². The molecule has 0 atom stereocenters. The number of nitrogens with zero attached hydrogens (tertiary/aromatic N) is 1. The molecule has 1 N–H and O–H groups in total. The van der Waals surface area contributed by atoms with Gasteiger partial charge in [0.1, 0.15) is 10.8 Å². The number of hydrogen-bond acceptors (Lipinski definition) is 2. The molecule has 0 fully saturated rings. The molecule has 0 saturated carbocycles. The van der Waals surface area contributed by atoms with E-state index in [1.165, 1.54) is 0 Å². The zero-order valence-corrected chi connectivity index (χ0v) is 8.24. The fourth-order valence-electron chi connectivity index (χ4n) is 1.12. The summed E-state index contributed by atoms with van der Waals surface area (Å²) in [5.41, 5.74) is 1.30. The van der Waals surface area contributed by atoms with Gasteiger partial charge in [0.15, 0.2) is 0 Å². The van der Waals surface area contributed by atoms with Crippen molar-refractivity contribution >= 4 is 33.4 Å². The minimum Gasteiger partial charge on any atom is -0.346 e. The highest BCUT2D eigenvalue weighted by Gasteiger charge is 2.23. The number of halogens is 2. The molecule has 5 heteroatoms. The molecular formula is C7H4BrClN2O. The van der Waals surface area contributed by atoms with E-state index in [-0.39, 0.29) is 5.91 Å². The predicted octanol–water partition coefficient (Wildman–Crippen LogP) is 1.74. The Kier molecular flexibility index (Phi) is 1.81. The average molecular weight is 247 g/mol. The Hall–Kier alpha value is -0.610. The van der Waals surface area contributed by atoms with E-state index < -0.39 is 0 Å². The quantitative estimate of drug-likeness (QED) is 0.710. The van der Waals surface area contributed by atoms with E-state index in [1.807, 2.05) is 0 Å². The van der Waals surface area contributed by atoms with Crippen LogP contribution in [0, 0.1) is 0 Å². The predicted molar refractivity (Wildman–Crippen MR) is 48.1 cm³/mol. The number of aromatic nitrogens is 1. The van der Waals surface area contributed by atoms with Crippen molar-refractivity contribution in [1.82, 2.24) is 10.3 Å². The minimum atomic E-state index is -0.159. The first kappa shape index (κ1) is 8.01. The number of amides is 1. The lowest BCUT2D eigenvalue weighted by Gasteiger charge is -1.98. The van der Waals surface area contributed by atoms with Crippen LogP contribution in [-0.2, 0) is 6.54 Å². The van der Waals surface area contributed by atoms with Gasteiger partial charge in [-0.3, -0.25) is 4.79 Å². The van der Waals surface area contributed by atoms with Crippen LogP contribution in [0.4, 0.5) is 0 Å². The van der Waals surface area contributed by atoms with E-state index >= 15 is 0 Å². The van der Waals surface area contributed by atoms with E-state index in [0.29, 0.717) is 17.4 Å². The average Bonchev–Trinajstić information content (AvgIpc) is 2.33. The summed E-state index contributed by atoms with van der Waals surface area (Å²) in [6, 6.07) is 1.68. The summed E-state index contributed by atoms with van der Waals surface area (Å²) in [5.74, 6) is -0.159. The molecule has 1 aromatic heterocycles. The van der Waals surface area contributed by atoms with E-state index in [0.717, 1.165) is 10.0 Å². The van der Waals surface area contributed by atoms with Crippen molar-refractivity contribution in [2.24, 2.45) is 0 Å². The second-order valence-electron chi connectivity index (χ2n) is 2.44. The molecule has 62 valence electrons. The van der Waals surface area contributed by atoms with Crippen molar-refractivity contribution in [3.63, 3.8) is 0 Å². The van der Waals surface area contributed by atoms with Crippen LogP contribution in [0.1, 0.15) is 16.1 Å². The molecule has 12 heavy (non-hydrogen) atoms. The lowest BCUT2D eigenvalue weighted by Crippen LogP contribution is -2.13. The Morgan fingerprint density at radius 3 is 3.17 bits per heavy atom. The van der Waals surface area contributed by atoms with Gasteiger partial charge in [-0.05, 0) is 6.07 Å². The molecule has 0 aromatic carbocycles. The third-order valence-electron chi connectivity index (χ3n) is 1.68. The van der Waals surface area contributed by atoms with Gasteiger partial charge < -0.3 is 5.32 Å². The van der Waals surface area contributed by atoms with Gasteiger partial charge in [0, 0.05) is 16.6 Å². The Balaban J connectivity index is 2.68. The maximum Gasteiger partial charge on any atom is 0.270 e. The molecule has 0 spiro atoms. The van der Waals surface area contributed by atoms with E-state index in [9.17, 15) is 4.79 Å². The number of pyridine rings is 1. The van der Waals surface area contributed by atoms with Crippen molar-refractivity contribution in [2.75, 3.05) is 0 Å². The number of fused-ring (bicyclic) bond motifs is 1. The highest BCUT2D eigenvalue weighted by atomic mass is 79.9. The molecule has 0 bridgehead atoms. The molecular weight excluding hydrogens is 243 g/mol. The maximum absolute atomic E-state index is 11.1. The third-order valence-corrected chi connectivity index (χ3v) is 2.58. The molecule has 0 unspecified atom stereocenters. The van der Waals surface area contributed by atoms with Gasteiger partial charge in [-0.15, -0.1) is 0 Å². The lowest BCUT2D eigenvalue weighted by molar-refractivity contribution is 0.0961. The van der Waals surface area contributed by atoms with Crippen LogP contribution in [0.25, 0.3) is 0 Å². The summed E-state index contributed by atoms with van der Waals surface area (Å²) >= 11 is 8.98. The number of carbonyl (C=O) groups is 1. The summed E-state index contributed by atoms with van der Waals surface area (Å²) in [4.78, 5) is 15.0. The molecule has 0 saturated heterocycles. The second-order valence-corrected chi connectivity index (χ2v) is 3.68. The second kappa shape index (κ2) is 2.71. The molecule has 1 aliphatic heterocycles. The summed E-state index contributed by atoms with van der Waals surface area (Å²) in [6.45, 7) is 0.527. The largest absolute Gasteiger partial charge is 0.346 e. The zero-order chi connectivity index (χ0) is 8.72. The van der Waals surface area contributed by atoms with Crippen LogP contribution in [0.2, 0.25) is 5.15 Å². The van der Waals surface area contributed by atoms with E-state index in [1.54, 1.807) is 6.07 Å². The standard InChI is InChI=1S/C7H4BrClN2O/c8-4-1-5(9)11-6-3(4)2-10-7(6)12/h1H,2H2,(H,10,12). The first-order valence-corrected chi connectivity index (χ1v) is 4.48. The molecule has 1 aromatic rings. The minimum absolute atomic E-state index is 0.159. The van der Waals surface area contributed by atoms with Crippen molar-refractivity contribution < 1.29 is 4.79 Å². The van der Waals surface area contributed by atoms with Crippen LogP contribution < -0.4 is 5.32 Å². The molecule has 0 aliphatic carbocycles. The zero-order valence-electron chi connectivity index (χ0n) is 5.90. The molecule has 1 amide bonds. The Bertz CT molecular complexity index is 367. The van der Waals surface area contributed by atoms with Crippen LogP contribution in [-0.4, -0.2) is 10.9 Å². The molecule has 3 nitrogen and oxygen atoms in total. The van der Waals surface area contributed by atoms with Gasteiger partial charge >= 0.3 is 0 Å². The molecule has 2 heterocycles. The molecule has 2 rings (SSSR count). The topological polar surface area (TPSA) is 42.0 Å². The van der Waals surface area contributed by atoms with Gasteiger partial charge in [-0.25, -0.2) is 4.98 Å². The number of nitrogens with one attached hydrogen (secondary N) is 1. The molecule has 1 aliphatic rings. The Morgan fingerprint density at radius 2 is 2.42 bits per heavy atom. The fraction of sp³-hybridized carbons (Fsp3) is 0.143. The highest BCUT2D eigenvalue weighted by Crippen LogP contribution is 2.25. The number of hydrogen-bond donors (Lipinski definition) is 1. The highest BCUT2D eigenvalue weighted by molar-refractivity contribution is 9.10. The number of rotatable bonds is 0. The molecule has 0 radical (unpaired) electrons. The fourth-order valence-corrected chi connectivity index (χ4v) is 1.99. The maximum atomic E-state index is 11.1. The van der Waals surface area contributed by atoms with Crippen molar-refractivity contribution in [3.05, 3.63) is 26.9 Å².